The Bertz CT molecular complexity index is 652. The van der Waals surface area contributed by atoms with Crippen LogP contribution in [0.25, 0.3) is 0 Å². The summed E-state index contributed by atoms with van der Waals surface area (Å²) in [5.74, 6) is 0. The number of piperidine rings is 1. The second-order valence-corrected chi connectivity index (χ2v) is 7.66. The number of carbonyl (C=O) groups is 1. The standard InChI is InChI=1S/C19H24N2O2/c1-18(2,3)23-17(22)21-16-8-5-10-19(21,11-9-16)15-7-4-6-14(12-15)13-20/h4,6-7,12,16H,5,8-11H2,1-3H3. The first-order chi connectivity index (χ1) is 10.9. The number of nitrogens with zero attached hydrogens (tertiary/aromatic N) is 2. The van der Waals surface area contributed by atoms with Crippen LogP contribution in [0.4, 0.5) is 4.79 Å². The van der Waals surface area contributed by atoms with Gasteiger partial charge in [-0.3, -0.25) is 4.90 Å². The molecule has 1 aromatic rings. The summed E-state index contributed by atoms with van der Waals surface area (Å²) in [7, 11) is 0. The molecule has 2 aliphatic heterocycles. The molecule has 23 heavy (non-hydrogen) atoms. The van der Waals surface area contributed by atoms with Gasteiger partial charge in [0.05, 0.1) is 17.2 Å². The molecule has 122 valence electrons. The van der Waals surface area contributed by atoms with Crippen molar-refractivity contribution in [1.29, 1.82) is 5.26 Å². The first-order valence-electron chi connectivity index (χ1n) is 8.39. The zero-order valence-corrected chi connectivity index (χ0v) is 14.1. The molecule has 2 aliphatic rings. The number of hydrogen-bond donors (Lipinski definition) is 0. The molecule has 1 amide bonds. The van der Waals surface area contributed by atoms with Gasteiger partial charge in [0, 0.05) is 6.04 Å². The van der Waals surface area contributed by atoms with Crippen molar-refractivity contribution in [2.75, 3.05) is 0 Å². The molecule has 0 N–H and O–H groups in total. The Balaban J connectivity index is 2.00. The van der Waals surface area contributed by atoms with Gasteiger partial charge in [0.2, 0.25) is 0 Å². The van der Waals surface area contributed by atoms with Crippen molar-refractivity contribution in [3.8, 4) is 6.07 Å². The minimum atomic E-state index is -0.496. The van der Waals surface area contributed by atoms with Gasteiger partial charge in [-0.1, -0.05) is 12.1 Å². The Labute approximate surface area is 138 Å². The minimum Gasteiger partial charge on any atom is -0.444 e. The molecule has 2 saturated heterocycles. The maximum absolute atomic E-state index is 12.8. The Morgan fingerprint density at radius 2 is 2.13 bits per heavy atom. The molecule has 0 aromatic heterocycles. The quantitative estimate of drug-likeness (QED) is 0.775. The normalized spacial score (nSPS) is 26.7. The highest BCUT2D eigenvalue weighted by Gasteiger charge is 2.53. The maximum atomic E-state index is 12.8. The molecule has 0 saturated carbocycles. The van der Waals surface area contributed by atoms with Crippen LogP contribution in [0.15, 0.2) is 24.3 Å². The number of nitriles is 1. The van der Waals surface area contributed by atoms with Crippen LogP contribution in [0.1, 0.15) is 64.0 Å². The first kappa shape index (κ1) is 15.9. The summed E-state index contributed by atoms with van der Waals surface area (Å²) in [6.07, 6.45) is 4.83. The van der Waals surface area contributed by atoms with Gasteiger partial charge < -0.3 is 4.74 Å². The average molecular weight is 312 g/mol. The molecule has 2 fully saturated rings. The van der Waals surface area contributed by atoms with Crippen molar-refractivity contribution in [2.45, 2.75) is 70.1 Å². The second kappa shape index (κ2) is 5.56. The number of carbonyl (C=O) groups excluding carboxylic acids is 1. The predicted octanol–water partition coefficient (Wildman–Crippen LogP) is 4.34. The molecule has 1 aromatic carbocycles. The van der Waals surface area contributed by atoms with Crippen LogP contribution < -0.4 is 0 Å². The molecule has 0 radical (unpaired) electrons. The molecule has 4 heteroatoms. The fraction of sp³-hybridized carbons (Fsp3) is 0.579. The van der Waals surface area contributed by atoms with E-state index >= 15 is 0 Å². The topological polar surface area (TPSA) is 53.3 Å². The zero-order chi connectivity index (χ0) is 16.7. The largest absolute Gasteiger partial charge is 0.444 e. The lowest BCUT2D eigenvalue weighted by molar-refractivity contribution is -0.0160. The number of benzene rings is 1. The van der Waals surface area contributed by atoms with E-state index in [9.17, 15) is 10.1 Å². The number of hydrogen-bond acceptors (Lipinski definition) is 3. The highest BCUT2D eigenvalue weighted by molar-refractivity contribution is 5.71. The monoisotopic (exact) mass is 312 g/mol. The Morgan fingerprint density at radius 1 is 1.35 bits per heavy atom. The van der Waals surface area contributed by atoms with Gasteiger partial charge in [-0.05, 0) is 70.6 Å². The van der Waals surface area contributed by atoms with Crippen LogP contribution >= 0.6 is 0 Å². The van der Waals surface area contributed by atoms with E-state index in [1.807, 2.05) is 49.9 Å². The lowest BCUT2D eigenvalue weighted by atomic mass is 9.81. The minimum absolute atomic E-state index is 0.220. The van der Waals surface area contributed by atoms with E-state index in [0.29, 0.717) is 5.56 Å². The third kappa shape index (κ3) is 2.81. The average Bonchev–Trinajstić information content (AvgIpc) is 2.73. The molecular weight excluding hydrogens is 288 g/mol. The third-order valence-corrected chi connectivity index (χ3v) is 4.96. The van der Waals surface area contributed by atoms with Gasteiger partial charge in [-0.2, -0.15) is 5.26 Å². The van der Waals surface area contributed by atoms with Crippen LogP contribution in [0, 0.1) is 11.3 Å². The van der Waals surface area contributed by atoms with Crippen molar-refractivity contribution in [3.63, 3.8) is 0 Å². The van der Waals surface area contributed by atoms with E-state index < -0.39 is 5.60 Å². The summed E-state index contributed by atoms with van der Waals surface area (Å²) >= 11 is 0. The Hall–Kier alpha value is -2.02. The summed E-state index contributed by atoms with van der Waals surface area (Å²) in [6.45, 7) is 5.71. The molecule has 3 rings (SSSR count). The van der Waals surface area contributed by atoms with E-state index in [1.54, 1.807) is 0 Å². The van der Waals surface area contributed by atoms with Crippen molar-refractivity contribution in [3.05, 3.63) is 35.4 Å². The Kier molecular flexibility index (Phi) is 3.83. The van der Waals surface area contributed by atoms with Crippen LogP contribution in [0.3, 0.4) is 0 Å². The second-order valence-electron chi connectivity index (χ2n) is 7.66. The van der Waals surface area contributed by atoms with Crippen molar-refractivity contribution in [2.24, 2.45) is 0 Å². The van der Waals surface area contributed by atoms with Gasteiger partial charge in [0.1, 0.15) is 5.60 Å². The highest BCUT2D eigenvalue weighted by Crippen LogP contribution is 2.51. The van der Waals surface area contributed by atoms with Gasteiger partial charge in [-0.15, -0.1) is 0 Å². The number of ether oxygens (including phenoxy) is 1. The van der Waals surface area contributed by atoms with E-state index in [2.05, 4.69) is 6.07 Å². The van der Waals surface area contributed by atoms with Gasteiger partial charge in [0.15, 0.2) is 0 Å². The van der Waals surface area contributed by atoms with Gasteiger partial charge >= 0.3 is 6.09 Å². The predicted molar refractivity (Wildman–Crippen MR) is 87.8 cm³/mol. The SMILES string of the molecule is CC(C)(C)OC(=O)N1C2CCCC1(c1cccc(C#N)c1)CC2. The van der Waals surface area contributed by atoms with E-state index in [0.717, 1.165) is 37.7 Å². The molecule has 2 bridgehead atoms. The maximum Gasteiger partial charge on any atom is 0.411 e. The first-order valence-corrected chi connectivity index (χ1v) is 8.39. The zero-order valence-electron chi connectivity index (χ0n) is 14.1. The van der Waals surface area contributed by atoms with Gasteiger partial charge in [0.25, 0.3) is 0 Å². The summed E-state index contributed by atoms with van der Waals surface area (Å²) in [6, 6.07) is 10.2. The molecule has 0 aliphatic carbocycles. The molecule has 4 nitrogen and oxygen atoms in total. The summed E-state index contributed by atoms with van der Waals surface area (Å²) in [5, 5.41) is 9.20. The van der Waals surface area contributed by atoms with E-state index in [1.165, 1.54) is 0 Å². The van der Waals surface area contributed by atoms with E-state index in [-0.39, 0.29) is 17.7 Å². The Morgan fingerprint density at radius 3 is 2.83 bits per heavy atom. The van der Waals surface area contributed by atoms with Crippen molar-refractivity contribution in [1.82, 2.24) is 4.90 Å². The summed E-state index contributed by atoms with van der Waals surface area (Å²) in [4.78, 5) is 14.8. The molecule has 2 unspecified atom stereocenters. The van der Waals surface area contributed by atoms with Crippen LogP contribution in [0.2, 0.25) is 0 Å². The number of amides is 1. The molecule has 2 atom stereocenters. The molecule has 2 heterocycles. The molecular formula is C19H24N2O2. The fourth-order valence-electron chi connectivity index (χ4n) is 4.09. The van der Waals surface area contributed by atoms with Crippen LogP contribution in [0.5, 0.6) is 0 Å². The number of fused-ring (bicyclic) bond motifs is 2. The fourth-order valence-corrected chi connectivity index (χ4v) is 4.09. The number of rotatable bonds is 1. The van der Waals surface area contributed by atoms with E-state index in [4.69, 9.17) is 4.74 Å². The highest BCUT2D eigenvalue weighted by atomic mass is 16.6. The van der Waals surface area contributed by atoms with Crippen molar-refractivity contribution >= 4 is 6.09 Å². The summed E-state index contributed by atoms with van der Waals surface area (Å²) in [5.41, 5.74) is 0.918. The van der Waals surface area contributed by atoms with Crippen LogP contribution in [-0.2, 0) is 10.3 Å². The van der Waals surface area contributed by atoms with Gasteiger partial charge in [-0.25, -0.2) is 4.79 Å². The summed E-state index contributed by atoms with van der Waals surface area (Å²) < 4.78 is 5.68. The van der Waals surface area contributed by atoms with Crippen LogP contribution in [-0.4, -0.2) is 22.6 Å². The smallest absolute Gasteiger partial charge is 0.411 e. The molecule has 0 spiro atoms. The lowest BCUT2D eigenvalue weighted by Gasteiger charge is -2.45. The van der Waals surface area contributed by atoms with Crippen molar-refractivity contribution < 1.29 is 9.53 Å². The lowest BCUT2D eigenvalue weighted by Crippen LogP contribution is -2.52. The third-order valence-electron chi connectivity index (χ3n) is 4.96.